The Morgan fingerprint density at radius 1 is 1.00 bits per heavy atom. The molecule has 0 aliphatic rings. The van der Waals surface area contributed by atoms with Crippen LogP contribution in [-0.4, -0.2) is 17.9 Å². The van der Waals surface area contributed by atoms with Gasteiger partial charge in [0.15, 0.2) is 0 Å². The van der Waals surface area contributed by atoms with Gasteiger partial charge in [-0.1, -0.05) is 48.5 Å². The second-order valence-electron chi connectivity index (χ2n) is 5.87. The number of primary amides is 1. The molecule has 2 amide bonds. The number of hydrogen-bond donors (Lipinski definition) is 2. The molecule has 0 heterocycles. The molecule has 0 bridgehead atoms. The van der Waals surface area contributed by atoms with Gasteiger partial charge in [-0.25, -0.2) is 0 Å². The van der Waals surface area contributed by atoms with E-state index >= 15 is 0 Å². The van der Waals surface area contributed by atoms with Crippen LogP contribution in [0.1, 0.15) is 23.1 Å². The molecule has 0 unspecified atom stereocenters. The molecule has 2 aromatic carbocycles. The lowest BCUT2D eigenvalue weighted by Crippen LogP contribution is -2.46. The van der Waals surface area contributed by atoms with Gasteiger partial charge in [0.2, 0.25) is 11.8 Å². The Morgan fingerprint density at radius 3 is 2.23 bits per heavy atom. The summed E-state index contributed by atoms with van der Waals surface area (Å²) in [5.41, 5.74) is 5.28. The van der Waals surface area contributed by atoms with Crippen molar-refractivity contribution in [1.29, 1.82) is 0 Å². The first-order valence-electron chi connectivity index (χ1n) is 8.05. The number of halogens is 3. The molecular formula is C19H19F3N2O2. The number of rotatable bonds is 7. The Labute approximate surface area is 149 Å². The Kier molecular flexibility index (Phi) is 6.38. The minimum absolute atomic E-state index is 0.0906. The van der Waals surface area contributed by atoms with Gasteiger partial charge >= 0.3 is 6.18 Å². The number of carbonyl (C=O) groups excluding carboxylic acids is 2. The zero-order valence-electron chi connectivity index (χ0n) is 13.9. The standard InChI is InChI=1S/C19H19F3N2O2/c20-19(21,22)15-9-5-4-8-14(15)12-16(18(23)26)24-17(25)11-10-13-6-2-1-3-7-13/h1-9,16H,10-12H2,(H2,23,26)(H,24,25)/t16-/m0/s1. The van der Waals surface area contributed by atoms with Crippen molar-refractivity contribution in [3.05, 3.63) is 71.3 Å². The van der Waals surface area contributed by atoms with Gasteiger partial charge in [-0.2, -0.15) is 13.2 Å². The van der Waals surface area contributed by atoms with Crippen LogP contribution in [0.5, 0.6) is 0 Å². The van der Waals surface area contributed by atoms with E-state index < -0.39 is 29.6 Å². The fourth-order valence-corrected chi connectivity index (χ4v) is 2.59. The van der Waals surface area contributed by atoms with Crippen LogP contribution in [0.15, 0.2) is 54.6 Å². The summed E-state index contributed by atoms with van der Waals surface area (Å²) in [5.74, 6) is -1.32. The molecule has 0 aliphatic heterocycles. The Morgan fingerprint density at radius 2 is 1.62 bits per heavy atom. The molecule has 138 valence electrons. The van der Waals surface area contributed by atoms with E-state index in [-0.39, 0.29) is 18.4 Å². The molecule has 0 saturated heterocycles. The Balaban J connectivity index is 2.03. The second kappa shape index (κ2) is 8.51. The van der Waals surface area contributed by atoms with Gasteiger partial charge in [-0.15, -0.1) is 0 Å². The van der Waals surface area contributed by atoms with Crippen LogP contribution < -0.4 is 11.1 Å². The first kappa shape index (κ1) is 19.5. The van der Waals surface area contributed by atoms with E-state index in [1.165, 1.54) is 18.2 Å². The van der Waals surface area contributed by atoms with Crippen molar-refractivity contribution in [3.8, 4) is 0 Å². The molecule has 2 rings (SSSR count). The van der Waals surface area contributed by atoms with Crippen molar-refractivity contribution in [2.24, 2.45) is 5.73 Å². The van der Waals surface area contributed by atoms with Crippen molar-refractivity contribution >= 4 is 11.8 Å². The van der Waals surface area contributed by atoms with E-state index in [9.17, 15) is 22.8 Å². The molecule has 0 aliphatic carbocycles. The first-order chi connectivity index (χ1) is 12.3. The quantitative estimate of drug-likeness (QED) is 0.793. The highest BCUT2D eigenvalue weighted by Gasteiger charge is 2.34. The molecule has 1 atom stereocenters. The topological polar surface area (TPSA) is 72.2 Å². The number of aryl methyl sites for hydroxylation is 1. The van der Waals surface area contributed by atoms with E-state index in [1.54, 1.807) is 0 Å². The average molecular weight is 364 g/mol. The van der Waals surface area contributed by atoms with Gasteiger partial charge in [-0.05, 0) is 23.6 Å². The molecule has 4 nitrogen and oxygen atoms in total. The summed E-state index contributed by atoms with van der Waals surface area (Å²) in [6.07, 6.45) is -4.30. The maximum Gasteiger partial charge on any atom is 0.416 e. The highest BCUT2D eigenvalue weighted by atomic mass is 19.4. The first-order valence-corrected chi connectivity index (χ1v) is 8.05. The summed E-state index contributed by atoms with van der Waals surface area (Å²) >= 11 is 0. The van der Waals surface area contributed by atoms with Gasteiger partial charge in [0.1, 0.15) is 6.04 Å². The normalized spacial score (nSPS) is 12.4. The Hall–Kier alpha value is -2.83. The number of alkyl halides is 3. The van der Waals surface area contributed by atoms with Gasteiger partial charge in [0, 0.05) is 12.8 Å². The fraction of sp³-hybridized carbons (Fsp3) is 0.263. The number of hydrogen-bond acceptors (Lipinski definition) is 2. The molecule has 26 heavy (non-hydrogen) atoms. The second-order valence-corrected chi connectivity index (χ2v) is 5.87. The largest absolute Gasteiger partial charge is 0.416 e. The van der Waals surface area contributed by atoms with Crippen molar-refractivity contribution in [3.63, 3.8) is 0 Å². The summed E-state index contributed by atoms with van der Waals surface area (Å²) in [6.45, 7) is 0. The number of carbonyl (C=O) groups is 2. The van der Waals surface area contributed by atoms with Gasteiger partial charge in [0.05, 0.1) is 5.56 Å². The van der Waals surface area contributed by atoms with Crippen molar-refractivity contribution in [1.82, 2.24) is 5.32 Å². The summed E-state index contributed by atoms with van der Waals surface area (Å²) in [7, 11) is 0. The van der Waals surface area contributed by atoms with E-state index in [0.29, 0.717) is 6.42 Å². The number of amides is 2. The minimum Gasteiger partial charge on any atom is -0.368 e. The molecule has 0 radical (unpaired) electrons. The summed E-state index contributed by atoms with van der Waals surface area (Å²) in [5, 5.41) is 2.43. The maximum absolute atomic E-state index is 13.1. The lowest BCUT2D eigenvalue weighted by Gasteiger charge is -2.18. The summed E-state index contributed by atoms with van der Waals surface area (Å²) in [4.78, 5) is 23.7. The smallest absolute Gasteiger partial charge is 0.368 e. The zero-order valence-corrected chi connectivity index (χ0v) is 13.9. The zero-order chi connectivity index (χ0) is 19.2. The van der Waals surface area contributed by atoms with Crippen LogP contribution >= 0.6 is 0 Å². The lowest BCUT2D eigenvalue weighted by atomic mass is 9.99. The SMILES string of the molecule is NC(=O)[C@H](Cc1ccccc1C(F)(F)F)NC(=O)CCc1ccccc1. The molecule has 7 heteroatoms. The van der Waals surface area contributed by atoms with Crippen molar-refractivity contribution < 1.29 is 22.8 Å². The predicted octanol–water partition coefficient (Wildman–Crippen LogP) is 2.85. The predicted molar refractivity (Wildman–Crippen MR) is 91.0 cm³/mol. The molecule has 0 spiro atoms. The average Bonchev–Trinajstić information content (AvgIpc) is 2.60. The van der Waals surface area contributed by atoms with Crippen LogP contribution in [0, 0.1) is 0 Å². The van der Waals surface area contributed by atoms with E-state index in [1.807, 2.05) is 30.3 Å². The number of nitrogens with two attached hydrogens (primary N) is 1. The number of benzene rings is 2. The minimum atomic E-state index is -4.55. The van der Waals surface area contributed by atoms with E-state index in [0.717, 1.165) is 11.6 Å². The van der Waals surface area contributed by atoms with E-state index in [4.69, 9.17) is 5.73 Å². The third kappa shape index (κ3) is 5.61. The molecule has 3 N–H and O–H groups in total. The molecule has 0 fully saturated rings. The molecule has 0 saturated carbocycles. The van der Waals surface area contributed by atoms with Gasteiger partial charge in [0.25, 0.3) is 0 Å². The van der Waals surface area contributed by atoms with Crippen LogP contribution in [-0.2, 0) is 28.6 Å². The van der Waals surface area contributed by atoms with Crippen molar-refractivity contribution in [2.75, 3.05) is 0 Å². The third-order valence-corrected chi connectivity index (χ3v) is 3.91. The van der Waals surface area contributed by atoms with Crippen LogP contribution in [0.25, 0.3) is 0 Å². The Bertz CT molecular complexity index is 761. The molecule has 0 aromatic heterocycles. The lowest BCUT2D eigenvalue weighted by molar-refractivity contribution is -0.138. The van der Waals surface area contributed by atoms with Gasteiger partial charge < -0.3 is 11.1 Å². The maximum atomic E-state index is 13.1. The van der Waals surface area contributed by atoms with Gasteiger partial charge in [-0.3, -0.25) is 9.59 Å². The van der Waals surface area contributed by atoms with Crippen LogP contribution in [0.3, 0.4) is 0 Å². The monoisotopic (exact) mass is 364 g/mol. The highest BCUT2D eigenvalue weighted by Crippen LogP contribution is 2.32. The third-order valence-electron chi connectivity index (χ3n) is 3.91. The molecular weight excluding hydrogens is 345 g/mol. The van der Waals surface area contributed by atoms with Crippen LogP contribution in [0.2, 0.25) is 0 Å². The number of nitrogens with one attached hydrogen (secondary N) is 1. The van der Waals surface area contributed by atoms with Crippen LogP contribution in [0.4, 0.5) is 13.2 Å². The van der Waals surface area contributed by atoms with Crippen molar-refractivity contribution in [2.45, 2.75) is 31.5 Å². The molecule has 2 aromatic rings. The summed E-state index contributed by atoms with van der Waals surface area (Å²) in [6, 6.07) is 13.0. The van der Waals surface area contributed by atoms with E-state index in [2.05, 4.69) is 5.32 Å². The highest BCUT2D eigenvalue weighted by molar-refractivity contribution is 5.86. The summed E-state index contributed by atoms with van der Waals surface area (Å²) < 4.78 is 39.2. The fourth-order valence-electron chi connectivity index (χ4n) is 2.59.